The molecule has 0 aromatic heterocycles. The zero-order valence-electron chi connectivity index (χ0n) is 11.0. The van der Waals surface area contributed by atoms with Crippen molar-refractivity contribution in [3.05, 3.63) is 38.9 Å². The molecule has 0 radical (unpaired) electrons. The third-order valence-corrected chi connectivity index (χ3v) is 3.35. The van der Waals surface area contributed by atoms with Gasteiger partial charge in [0, 0.05) is 29.7 Å². The Balaban J connectivity index is 2.72. The van der Waals surface area contributed by atoms with E-state index in [1.807, 2.05) is 0 Å². The van der Waals surface area contributed by atoms with Gasteiger partial charge >= 0.3 is 0 Å². The van der Waals surface area contributed by atoms with Gasteiger partial charge in [-0.05, 0) is 24.0 Å². The van der Waals surface area contributed by atoms with Crippen LogP contribution in [0.15, 0.2) is 18.2 Å². The molecule has 0 bridgehead atoms. The molecule has 0 aliphatic heterocycles. The van der Waals surface area contributed by atoms with E-state index in [1.165, 1.54) is 6.07 Å². The molecule has 0 spiro atoms. The topological polar surface area (TPSA) is 55.2 Å². The van der Waals surface area contributed by atoms with E-state index in [2.05, 4.69) is 26.1 Å². The molecule has 0 fully saturated rings. The van der Waals surface area contributed by atoms with Crippen molar-refractivity contribution in [3.63, 3.8) is 0 Å². The fraction of sp³-hybridized carbons (Fsp3) is 0.538. The molecule has 0 atom stereocenters. The molecule has 4 nitrogen and oxygen atoms in total. The van der Waals surface area contributed by atoms with E-state index in [9.17, 15) is 10.1 Å². The Kier molecular flexibility index (Phi) is 5.11. The van der Waals surface area contributed by atoms with Gasteiger partial charge in [0.2, 0.25) is 0 Å². The zero-order valence-corrected chi connectivity index (χ0v) is 11.8. The van der Waals surface area contributed by atoms with Crippen molar-refractivity contribution in [2.45, 2.75) is 33.7 Å². The minimum atomic E-state index is -0.377. The molecule has 0 saturated heterocycles. The van der Waals surface area contributed by atoms with E-state index in [1.54, 1.807) is 12.1 Å². The van der Waals surface area contributed by atoms with E-state index in [-0.39, 0.29) is 16.0 Å². The van der Waals surface area contributed by atoms with E-state index < -0.39 is 0 Å². The molecule has 18 heavy (non-hydrogen) atoms. The Morgan fingerprint density at radius 3 is 2.67 bits per heavy atom. The first-order chi connectivity index (χ1) is 8.35. The first-order valence-electron chi connectivity index (χ1n) is 5.99. The van der Waals surface area contributed by atoms with Gasteiger partial charge in [0.1, 0.15) is 0 Å². The lowest BCUT2D eigenvalue weighted by molar-refractivity contribution is -0.385. The van der Waals surface area contributed by atoms with Gasteiger partial charge in [-0.2, -0.15) is 0 Å². The van der Waals surface area contributed by atoms with Crippen LogP contribution in [0.5, 0.6) is 0 Å². The molecule has 1 N–H and O–H groups in total. The summed E-state index contributed by atoms with van der Waals surface area (Å²) in [6.07, 6.45) is 1.05. The van der Waals surface area contributed by atoms with E-state index in [0.717, 1.165) is 13.0 Å². The highest BCUT2D eigenvalue weighted by Crippen LogP contribution is 2.23. The van der Waals surface area contributed by atoms with Crippen LogP contribution in [0.4, 0.5) is 5.69 Å². The average molecular weight is 271 g/mol. The minimum absolute atomic E-state index is 0.112. The monoisotopic (exact) mass is 270 g/mol. The predicted octanol–water partition coefficient (Wildman–Crippen LogP) is 3.77. The van der Waals surface area contributed by atoms with Gasteiger partial charge in [-0.25, -0.2) is 0 Å². The van der Waals surface area contributed by atoms with Crippen LogP contribution < -0.4 is 5.32 Å². The number of hydrogen-bond acceptors (Lipinski definition) is 3. The maximum absolute atomic E-state index is 10.9. The Morgan fingerprint density at radius 2 is 2.11 bits per heavy atom. The van der Waals surface area contributed by atoms with Gasteiger partial charge in [0.25, 0.3) is 5.69 Å². The van der Waals surface area contributed by atoms with Crippen LogP contribution in [0.2, 0.25) is 5.02 Å². The highest BCUT2D eigenvalue weighted by molar-refractivity contribution is 6.30. The lowest BCUT2D eigenvalue weighted by Gasteiger charge is -2.22. The first-order valence-corrected chi connectivity index (χ1v) is 6.37. The third kappa shape index (κ3) is 4.27. The van der Waals surface area contributed by atoms with Crippen molar-refractivity contribution >= 4 is 17.3 Å². The van der Waals surface area contributed by atoms with Crippen molar-refractivity contribution in [3.8, 4) is 0 Å². The molecule has 0 aliphatic carbocycles. The number of halogens is 1. The molecule has 1 rings (SSSR count). The predicted molar refractivity (Wildman–Crippen MR) is 73.9 cm³/mol. The fourth-order valence-electron chi connectivity index (χ4n) is 1.53. The maximum atomic E-state index is 10.9. The van der Waals surface area contributed by atoms with Gasteiger partial charge in [-0.15, -0.1) is 0 Å². The highest BCUT2D eigenvalue weighted by Gasteiger charge is 2.17. The molecule has 0 heterocycles. The number of nitro groups is 1. The second kappa shape index (κ2) is 6.16. The Bertz CT molecular complexity index is 433. The number of benzene rings is 1. The van der Waals surface area contributed by atoms with Gasteiger partial charge in [-0.3, -0.25) is 10.1 Å². The largest absolute Gasteiger partial charge is 0.312 e. The van der Waals surface area contributed by atoms with Gasteiger partial charge in [0.05, 0.1) is 4.92 Å². The van der Waals surface area contributed by atoms with Crippen LogP contribution >= 0.6 is 11.6 Å². The standard InChI is InChI=1S/C13H19ClN2O2/c1-4-13(2,3)9-15-8-10-7-11(14)5-6-12(10)16(17)18/h5-7,15H,4,8-9H2,1-3H3. The van der Waals surface area contributed by atoms with E-state index in [4.69, 9.17) is 11.6 Å². The molecule has 0 aliphatic rings. The summed E-state index contributed by atoms with van der Waals surface area (Å²) in [7, 11) is 0. The lowest BCUT2D eigenvalue weighted by atomic mass is 9.90. The molecular formula is C13H19ClN2O2. The summed E-state index contributed by atoms with van der Waals surface area (Å²) in [5.74, 6) is 0. The van der Waals surface area contributed by atoms with Gasteiger partial charge in [-0.1, -0.05) is 32.4 Å². The molecular weight excluding hydrogens is 252 g/mol. The molecule has 1 aromatic carbocycles. The second-order valence-corrected chi connectivity index (χ2v) is 5.59. The summed E-state index contributed by atoms with van der Waals surface area (Å²) in [4.78, 5) is 10.5. The number of nitro benzene ring substituents is 1. The molecule has 1 aromatic rings. The van der Waals surface area contributed by atoms with Crippen LogP contribution in [0, 0.1) is 15.5 Å². The van der Waals surface area contributed by atoms with Crippen LogP contribution in [0.3, 0.4) is 0 Å². The Labute approximate surface area is 112 Å². The quantitative estimate of drug-likeness (QED) is 0.632. The number of hydrogen-bond donors (Lipinski definition) is 1. The van der Waals surface area contributed by atoms with E-state index in [0.29, 0.717) is 17.1 Å². The van der Waals surface area contributed by atoms with Crippen LogP contribution in [0.1, 0.15) is 32.8 Å². The van der Waals surface area contributed by atoms with Gasteiger partial charge in [0.15, 0.2) is 0 Å². The number of nitrogens with zero attached hydrogens (tertiary/aromatic N) is 1. The van der Waals surface area contributed by atoms with E-state index >= 15 is 0 Å². The minimum Gasteiger partial charge on any atom is -0.312 e. The van der Waals surface area contributed by atoms with Crippen LogP contribution in [-0.2, 0) is 6.54 Å². The average Bonchev–Trinajstić information content (AvgIpc) is 2.28. The fourth-order valence-corrected chi connectivity index (χ4v) is 1.73. The summed E-state index contributed by atoms with van der Waals surface area (Å²) in [5, 5.41) is 14.7. The third-order valence-electron chi connectivity index (χ3n) is 3.11. The van der Waals surface area contributed by atoms with Crippen molar-refractivity contribution in [1.29, 1.82) is 0 Å². The first kappa shape index (κ1) is 14.9. The number of nitrogens with one attached hydrogen (secondary N) is 1. The molecule has 5 heteroatoms. The smallest absolute Gasteiger partial charge is 0.273 e. The van der Waals surface area contributed by atoms with Crippen molar-refractivity contribution in [2.24, 2.45) is 5.41 Å². The SMILES string of the molecule is CCC(C)(C)CNCc1cc(Cl)ccc1[N+](=O)[O-]. The van der Waals surface area contributed by atoms with Crippen molar-refractivity contribution in [1.82, 2.24) is 5.32 Å². The summed E-state index contributed by atoms with van der Waals surface area (Å²) >= 11 is 5.87. The zero-order chi connectivity index (χ0) is 13.8. The van der Waals surface area contributed by atoms with Crippen molar-refractivity contribution < 1.29 is 4.92 Å². The molecule has 0 amide bonds. The van der Waals surface area contributed by atoms with Crippen molar-refractivity contribution in [2.75, 3.05) is 6.54 Å². The highest BCUT2D eigenvalue weighted by atomic mass is 35.5. The molecule has 0 saturated carbocycles. The van der Waals surface area contributed by atoms with Crippen LogP contribution in [-0.4, -0.2) is 11.5 Å². The van der Waals surface area contributed by atoms with Crippen LogP contribution in [0.25, 0.3) is 0 Å². The Hall–Kier alpha value is -1.13. The normalized spacial score (nSPS) is 11.6. The second-order valence-electron chi connectivity index (χ2n) is 5.15. The summed E-state index contributed by atoms with van der Waals surface area (Å²) in [5.41, 5.74) is 0.925. The summed E-state index contributed by atoms with van der Waals surface area (Å²) in [6, 6.07) is 4.63. The number of rotatable bonds is 6. The lowest BCUT2D eigenvalue weighted by Crippen LogP contribution is -2.28. The summed E-state index contributed by atoms with van der Waals surface area (Å²) < 4.78 is 0. The summed E-state index contributed by atoms with van der Waals surface area (Å²) in [6.45, 7) is 7.72. The Morgan fingerprint density at radius 1 is 1.44 bits per heavy atom. The molecule has 0 unspecified atom stereocenters. The maximum Gasteiger partial charge on any atom is 0.273 e. The van der Waals surface area contributed by atoms with Gasteiger partial charge < -0.3 is 5.32 Å². The molecule has 100 valence electrons.